The Balaban J connectivity index is 2.04. The Morgan fingerprint density at radius 1 is 1.24 bits per heavy atom. The lowest BCUT2D eigenvalue weighted by molar-refractivity contribution is -0.139. The molecular weight excluding hydrogens is 266 g/mol. The largest absolute Gasteiger partial charge is 0.482 e. The second-order valence-electron chi connectivity index (χ2n) is 4.89. The molecule has 0 saturated heterocycles. The van der Waals surface area contributed by atoms with Gasteiger partial charge in [0.2, 0.25) is 0 Å². The van der Waals surface area contributed by atoms with Crippen molar-refractivity contribution in [2.45, 2.75) is 6.92 Å². The molecule has 0 saturated carbocycles. The quantitative estimate of drug-likeness (QED) is 0.797. The fourth-order valence-electron chi connectivity index (χ4n) is 2.52. The van der Waals surface area contributed by atoms with Crippen LogP contribution in [-0.2, 0) is 4.79 Å². The minimum Gasteiger partial charge on any atom is -0.482 e. The average Bonchev–Trinajstić information content (AvgIpc) is 2.81. The van der Waals surface area contributed by atoms with Crippen molar-refractivity contribution in [1.82, 2.24) is 4.40 Å². The molecule has 0 radical (unpaired) electrons. The van der Waals surface area contributed by atoms with E-state index in [0.717, 1.165) is 22.2 Å². The molecule has 0 fully saturated rings. The van der Waals surface area contributed by atoms with Gasteiger partial charge in [-0.3, -0.25) is 0 Å². The topological polar surface area (TPSA) is 50.9 Å². The number of carbonyl (C=O) groups is 1. The van der Waals surface area contributed by atoms with Gasteiger partial charge in [-0.05, 0) is 42.3 Å². The van der Waals surface area contributed by atoms with Crippen molar-refractivity contribution in [2.75, 3.05) is 6.61 Å². The van der Waals surface area contributed by atoms with Gasteiger partial charge in [0.25, 0.3) is 0 Å². The van der Waals surface area contributed by atoms with Crippen molar-refractivity contribution < 1.29 is 14.6 Å². The van der Waals surface area contributed by atoms with Crippen LogP contribution in [0.4, 0.5) is 0 Å². The Hall–Kier alpha value is -2.75. The van der Waals surface area contributed by atoms with E-state index in [1.54, 1.807) is 6.07 Å². The molecule has 106 valence electrons. The van der Waals surface area contributed by atoms with Gasteiger partial charge in [0.1, 0.15) is 5.75 Å². The van der Waals surface area contributed by atoms with Gasteiger partial charge in [0.05, 0.1) is 5.52 Å². The predicted molar refractivity (Wildman–Crippen MR) is 80.7 cm³/mol. The number of fused-ring (bicyclic) bond motifs is 1. The van der Waals surface area contributed by atoms with E-state index in [1.807, 2.05) is 36.5 Å². The van der Waals surface area contributed by atoms with Crippen molar-refractivity contribution >= 4 is 11.5 Å². The maximum atomic E-state index is 10.6. The molecule has 1 aromatic carbocycles. The summed E-state index contributed by atoms with van der Waals surface area (Å²) < 4.78 is 7.33. The summed E-state index contributed by atoms with van der Waals surface area (Å²) in [4.78, 5) is 10.6. The molecule has 3 aromatic rings. The van der Waals surface area contributed by atoms with Crippen molar-refractivity contribution in [3.05, 3.63) is 60.4 Å². The predicted octanol–water partition coefficient (Wildman–Crippen LogP) is 3.38. The molecule has 0 unspecified atom stereocenters. The van der Waals surface area contributed by atoms with Crippen molar-refractivity contribution in [1.29, 1.82) is 0 Å². The van der Waals surface area contributed by atoms with E-state index in [0.29, 0.717) is 5.75 Å². The number of hydrogen-bond acceptors (Lipinski definition) is 2. The number of carboxylic acids is 1. The van der Waals surface area contributed by atoms with Gasteiger partial charge in [-0.25, -0.2) is 4.79 Å². The average molecular weight is 281 g/mol. The summed E-state index contributed by atoms with van der Waals surface area (Å²) in [5.74, 6) is -0.421. The van der Waals surface area contributed by atoms with Gasteiger partial charge >= 0.3 is 5.97 Å². The molecule has 0 aliphatic heterocycles. The number of aromatic nitrogens is 1. The maximum absolute atomic E-state index is 10.6. The molecule has 0 atom stereocenters. The van der Waals surface area contributed by atoms with Crippen LogP contribution < -0.4 is 4.74 Å². The smallest absolute Gasteiger partial charge is 0.341 e. The fraction of sp³-hybridized carbons (Fsp3) is 0.118. The van der Waals surface area contributed by atoms with Crippen LogP contribution >= 0.6 is 0 Å². The molecular formula is C17H15NO3. The van der Waals surface area contributed by atoms with Gasteiger partial charge in [-0.2, -0.15) is 0 Å². The molecule has 21 heavy (non-hydrogen) atoms. The number of hydrogen-bond donors (Lipinski definition) is 1. The number of nitrogens with zero attached hydrogens (tertiary/aromatic N) is 1. The number of rotatable bonds is 4. The number of aryl methyl sites for hydroxylation is 1. The van der Waals surface area contributed by atoms with Crippen LogP contribution in [0.1, 0.15) is 5.56 Å². The number of ether oxygens (including phenoxy) is 1. The highest BCUT2D eigenvalue weighted by Gasteiger charge is 2.10. The number of benzene rings is 1. The highest BCUT2D eigenvalue weighted by Crippen LogP contribution is 2.31. The summed E-state index contributed by atoms with van der Waals surface area (Å²) >= 11 is 0. The molecule has 0 aliphatic carbocycles. The van der Waals surface area contributed by atoms with E-state index in [4.69, 9.17) is 9.84 Å². The third-order valence-corrected chi connectivity index (χ3v) is 3.36. The molecule has 1 N–H and O–H groups in total. The highest BCUT2D eigenvalue weighted by molar-refractivity contribution is 5.84. The van der Waals surface area contributed by atoms with Crippen LogP contribution in [0.5, 0.6) is 5.75 Å². The molecule has 2 aromatic heterocycles. The van der Waals surface area contributed by atoms with Gasteiger partial charge in [-0.1, -0.05) is 18.2 Å². The summed E-state index contributed by atoms with van der Waals surface area (Å²) in [6.45, 7) is 1.73. The fourth-order valence-corrected chi connectivity index (χ4v) is 2.52. The van der Waals surface area contributed by atoms with Gasteiger partial charge in [0, 0.05) is 18.0 Å². The first-order valence-electron chi connectivity index (χ1n) is 6.66. The van der Waals surface area contributed by atoms with E-state index >= 15 is 0 Å². The Bertz CT molecular complexity index is 805. The van der Waals surface area contributed by atoms with Gasteiger partial charge in [-0.15, -0.1) is 0 Å². The molecule has 0 bridgehead atoms. The Kier molecular flexibility index (Phi) is 3.36. The second kappa shape index (κ2) is 5.32. The van der Waals surface area contributed by atoms with E-state index in [2.05, 4.69) is 23.6 Å². The maximum Gasteiger partial charge on any atom is 0.341 e. The summed E-state index contributed by atoms with van der Waals surface area (Å²) in [5, 5.41) is 8.69. The van der Waals surface area contributed by atoms with Crippen molar-refractivity contribution in [2.24, 2.45) is 0 Å². The first-order chi connectivity index (χ1) is 10.1. The monoisotopic (exact) mass is 281 g/mol. The zero-order valence-electron chi connectivity index (χ0n) is 11.6. The Morgan fingerprint density at radius 3 is 2.90 bits per heavy atom. The zero-order chi connectivity index (χ0) is 14.8. The molecule has 4 nitrogen and oxygen atoms in total. The summed E-state index contributed by atoms with van der Waals surface area (Å²) in [6, 6.07) is 13.6. The van der Waals surface area contributed by atoms with Crippen LogP contribution in [0.3, 0.4) is 0 Å². The molecule has 2 heterocycles. The van der Waals surface area contributed by atoms with E-state index in [9.17, 15) is 4.79 Å². The zero-order valence-corrected chi connectivity index (χ0v) is 11.6. The third-order valence-electron chi connectivity index (χ3n) is 3.36. The van der Waals surface area contributed by atoms with Gasteiger partial charge < -0.3 is 14.2 Å². The number of carboxylic acid groups (broad SMARTS) is 1. The van der Waals surface area contributed by atoms with Gasteiger partial charge in [0.15, 0.2) is 6.61 Å². The molecule has 0 amide bonds. The van der Waals surface area contributed by atoms with E-state index < -0.39 is 5.97 Å². The lowest BCUT2D eigenvalue weighted by Gasteiger charge is -2.07. The Labute approximate surface area is 122 Å². The van der Waals surface area contributed by atoms with Crippen LogP contribution in [0.15, 0.2) is 54.9 Å². The molecule has 0 spiro atoms. The van der Waals surface area contributed by atoms with Crippen LogP contribution in [0, 0.1) is 6.92 Å². The van der Waals surface area contributed by atoms with E-state index in [1.165, 1.54) is 0 Å². The number of pyridine rings is 1. The lowest BCUT2D eigenvalue weighted by atomic mass is 10.0. The minimum atomic E-state index is -0.981. The van der Waals surface area contributed by atoms with Crippen LogP contribution in [0.25, 0.3) is 16.6 Å². The normalized spacial score (nSPS) is 10.7. The number of aliphatic carboxylic acids is 1. The standard InChI is InChI=1S/C17H15NO3/c1-12-10-18-8-3-2-7-15(18)17(12)13-5-4-6-14(9-13)21-11-16(19)20/h2-10H,11H2,1H3,(H,19,20). The molecule has 3 rings (SSSR count). The summed E-state index contributed by atoms with van der Waals surface area (Å²) in [5.41, 5.74) is 4.43. The van der Waals surface area contributed by atoms with Crippen molar-refractivity contribution in [3.8, 4) is 16.9 Å². The highest BCUT2D eigenvalue weighted by atomic mass is 16.5. The Morgan fingerprint density at radius 2 is 2.10 bits per heavy atom. The lowest BCUT2D eigenvalue weighted by Crippen LogP contribution is -2.09. The SMILES string of the molecule is Cc1cn2ccccc2c1-c1cccc(OCC(=O)O)c1. The van der Waals surface area contributed by atoms with Crippen LogP contribution in [-0.4, -0.2) is 22.1 Å². The van der Waals surface area contributed by atoms with Crippen LogP contribution in [0.2, 0.25) is 0 Å². The van der Waals surface area contributed by atoms with Crippen molar-refractivity contribution in [3.63, 3.8) is 0 Å². The summed E-state index contributed by atoms with van der Waals surface area (Å²) in [6.07, 6.45) is 4.09. The minimum absolute atomic E-state index is 0.334. The third kappa shape index (κ3) is 2.60. The first kappa shape index (κ1) is 13.2. The molecule has 4 heteroatoms. The summed E-state index contributed by atoms with van der Waals surface area (Å²) in [7, 11) is 0. The van der Waals surface area contributed by atoms with E-state index in [-0.39, 0.29) is 6.61 Å². The second-order valence-corrected chi connectivity index (χ2v) is 4.89. The molecule has 0 aliphatic rings. The first-order valence-corrected chi connectivity index (χ1v) is 6.66.